The Bertz CT molecular complexity index is 1340. The number of hydrogen-bond acceptors (Lipinski definition) is 8. The molecule has 1 saturated heterocycles. The maximum absolute atomic E-state index is 4.48. The number of nitrogens with zero attached hydrogens (tertiary/aromatic N) is 8. The molecule has 5 rings (SSSR count). The summed E-state index contributed by atoms with van der Waals surface area (Å²) in [5, 5.41) is 23.8. The fourth-order valence-corrected chi connectivity index (χ4v) is 6.22. The molecule has 1 fully saturated rings. The molecule has 3 heterocycles. The van der Waals surface area contributed by atoms with Gasteiger partial charge in [-0.3, -0.25) is 0 Å². The first-order chi connectivity index (χ1) is 18.6. The number of benzene rings is 2. The number of thiazole rings is 2. The van der Waals surface area contributed by atoms with E-state index in [9.17, 15) is 0 Å². The second-order valence-electron chi connectivity index (χ2n) is 9.26. The van der Waals surface area contributed by atoms with Crippen LogP contribution in [0.3, 0.4) is 0 Å². The summed E-state index contributed by atoms with van der Waals surface area (Å²) >= 11 is 3.21. The van der Waals surface area contributed by atoms with Crippen molar-refractivity contribution in [1.82, 2.24) is 0 Å². The van der Waals surface area contributed by atoms with E-state index in [0.29, 0.717) is 0 Å². The van der Waals surface area contributed by atoms with Crippen LogP contribution < -0.4 is 18.9 Å². The molecule has 0 amide bonds. The Morgan fingerprint density at radius 3 is 1.45 bits per heavy atom. The molecule has 1 aliphatic rings. The molecule has 0 spiro atoms. The van der Waals surface area contributed by atoms with E-state index in [1.165, 1.54) is 22.5 Å². The van der Waals surface area contributed by atoms with Crippen molar-refractivity contribution in [2.24, 2.45) is 20.5 Å². The second kappa shape index (κ2) is 11.9. The highest BCUT2D eigenvalue weighted by Crippen LogP contribution is 2.30. The molecule has 4 aromatic rings. The van der Waals surface area contributed by atoms with E-state index in [1.54, 1.807) is 22.7 Å². The van der Waals surface area contributed by atoms with Crippen molar-refractivity contribution in [2.45, 2.75) is 40.8 Å². The SMILES string of the molecule is CC[n+]1ccsc1/N=N/c1ccc(N2CCN(c3ccc(/N=N/c4scc[n+]4CC)cc3C)CC2)c(C)c1. The van der Waals surface area contributed by atoms with Crippen LogP contribution in [-0.2, 0) is 13.1 Å². The minimum Gasteiger partial charge on any atom is -0.368 e. The van der Waals surface area contributed by atoms with Crippen molar-refractivity contribution in [3.8, 4) is 0 Å². The highest BCUT2D eigenvalue weighted by atomic mass is 32.1. The molecule has 38 heavy (non-hydrogen) atoms. The van der Waals surface area contributed by atoms with Gasteiger partial charge in [0.2, 0.25) is 0 Å². The van der Waals surface area contributed by atoms with Gasteiger partial charge < -0.3 is 9.80 Å². The van der Waals surface area contributed by atoms with Crippen molar-refractivity contribution in [3.63, 3.8) is 0 Å². The molecule has 2 aromatic heterocycles. The van der Waals surface area contributed by atoms with E-state index < -0.39 is 0 Å². The quantitative estimate of drug-likeness (QED) is 0.173. The third-order valence-electron chi connectivity index (χ3n) is 6.83. The molecule has 2 aromatic carbocycles. The number of aromatic nitrogens is 2. The predicted octanol–water partition coefficient (Wildman–Crippen LogP) is 7.20. The lowest BCUT2D eigenvalue weighted by atomic mass is 10.1. The lowest BCUT2D eigenvalue weighted by molar-refractivity contribution is -0.677. The van der Waals surface area contributed by atoms with Crippen molar-refractivity contribution in [2.75, 3.05) is 36.0 Å². The number of rotatable bonds is 8. The molecular formula is C28H34N8S2+2. The third-order valence-corrected chi connectivity index (χ3v) is 8.39. The van der Waals surface area contributed by atoms with Crippen molar-refractivity contribution in [3.05, 3.63) is 70.7 Å². The lowest BCUT2D eigenvalue weighted by Gasteiger charge is -2.38. The average molecular weight is 547 g/mol. The van der Waals surface area contributed by atoms with Crippen LogP contribution >= 0.6 is 22.7 Å². The lowest BCUT2D eigenvalue weighted by Crippen LogP contribution is -2.47. The van der Waals surface area contributed by atoms with Gasteiger partial charge in [0.1, 0.15) is 23.8 Å². The Hall–Kier alpha value is -3.50. The largest absolute Gasteiger partial charge is 0.408 e. The van der Waals surface area contributed by atoms with Gasteiger partial charge in [0.25, 0.3) is 0 Å². The van der Waals surface area contributed by atoms with Crippen molar-refractivity contribution < 1.29 is 9.13 Å². The smallest absolute Gasteiger partial charge is 0.368 e. The molecule has 0 N–H and O–H groups in total. The molecule has 0 unspecified atom stereocenters. The number of aryl methyl sites for hydroxylation is 4. The molecule has 1 aliphatic heterocycles. The van der Waals surface area contributed by atoms with Crippen LogP contribution in [0.15, 0.2) is 80.0 Å². The van der Waals surface area contributed by atoms with Gasteiger partial charge in [-0.25, -0.2) is 9.13 Å². The van der Waals surface area contributed by atoms with Crippen molar-refractivity contribution >= 4 is 55.7 Å². The van der Waals surface area contributed by atoms with Crippen LogP contribution in [0.5, 0.6) is 0 Å². The number of azo groups is 2. The van der Waals surface area contributed by atoms with Crippen LogP contribution in [0.4, 0.5) is 33.0 Å². The summed E-state index contributed by atoms with van der Waals surface area (Å²) < 4.78 is 4.20. The predicted molar refractivity (Wildman–Crippen MR) is 156 cm³/mol. The Morgan fingerprint density at radius 2 is 1.08 bits per heavy atom. The van der Waals surface area contributed by atoms with Crippen molar-refractivity contribution in [1.29, 1.82) is 0 Å². The number of piperazine rings is 1. The Kier molecular flexibility index (Phi) is 8.19. The topological polar surface area (TPSA) is 63.7 Å². The molecule has 0 saturated carbocycles. The second-order valence-corrected chi connectivity index (χ2v) is 11.0. The van der Waals surface area contributed by atoms with Gasteiger partial charge in [-0.1, -0.05) is 0 Å². The van der Waals surface area contributed by atoms with Crippen LogP contribution in [0.2, 0.25) is 0 Å². The molecule has 196 valence electrons. The van der Waals surface area contributed by atoms with E-state index in [0.717, 1.165) is 60.9 Å². The van der Waals surface area contributed by atoms with Crippen LogP contribution in [0.25, 0.3) is 0 Å². The summed E-state index contributed by atoms with van der Waals surface area (Å²) in [5.41, 5.74) is 6.77. The zero-order chi connectivity index (χ0) is 26.5. The maximum atomic E-state index is 4.48. The zero-order valence-corrected chi connectivity index (χ0v) is 24.0. The Labute approximate surface area is 232 Å². The summed E-state index contributed by atoms with van der Waals surface area (Å²) in [6.45, 7) is 14.2. The van der Waals surface area contributed by atoms with Gasteiger partial charge in [-0.15, -0.1) is 0 Å². The van der Waals surface area contributed by atoms with Gasteiger partial charge >= 0.3 is 10.3 Å². The summed E-state index contributed by atoms with van der Waals surface area (Å²) in [6.07, 6.45) is 4.09. The Morgan fingerprint density at radius 1 is 0.658 bits per heavy atom. The molecule has 10 heteroatoms. The molecule has 0 atom stereocenters. The summed E-state index contributed by atoms with van der Waals surface area (Å²) in [5.74, 6) is 0. The fraction of sp³-hybridized carbons (Fsp3) is 0.357. The van der Waals surface area contributed by atoms with E-state index in [1.807, 2.05) is 23.2 Å². The molecule has 0 aliphatic carbocycles. The average Bonchev–Trinajstić information content (AvgIpc) is 3.60. The molecular weight excluding hydrogens is 512 g/mol. The third kappa shape index (κ3) is 5.81. The minimum absolute atomic E-state index is 0.886. The maximum Gasteiger partial charge on any atom is 0.408 e. The van der Waals surface area contributed by atoms with Crippen LogP contribution in [0, 0.1) is 13.8 Å². The van der Waals surface area contributed by atoms with Crippen LogP contribution in [-0.4, -0.2) is 26.2 Å². The summed E-state index contributed by atoms with van der Waals surface area (Å²) in [7, 11) is 0. The normalized spacial score (nSPS) is 14.3. The Balaban J connectivity index is 1.21. The molecule has 0 bridgehead atoms. The van der Waals surface area contributed by atoms with Gasteiger partial charge in [-0.05, 0) is 108 Å². The standard InChI is InChI=1S/C28H34N8S2/c1-5-33-15-17-37-27(33)31-29-23-7-9-25(21(3)19-23)35-11-13-36(14-12-35)26-10-8-24(20-22(26)4)30-32-28-34(6-2)16-18-38-28/h7-10,15-20H,5-6,11-14H2,1-4H3/q+2. The molecule has 0 radical (unpaired) electrons. The first-order valence-corrected chi connectivity index (χ1v) is 14.8. The van der Waals surface area contributed by atoms with Crippen LogP contribution in [0.1, 0.15) is 25.0 Å². The van der Waals surface area contributed by atoms with E-state index in [2.05, 4.69) is 103 Å². The zero-order valence-electron chi connectivity index (χ0n) is 22.4. The van der Waals surface area contributed by atoms with Gasteiger partial charge in [0.05, 0.1) is 23.3 Å². The van der Waals surface area contributed by atoms with E-state index >= 15 is 0 Å². The summed E-state index contributed by atoms with van der Waals surface area (Å²) in [6, 6.07) is 12.8. The van der Waals surface area contributed by atoms with Gasteiger partial charge in [0.15, 0.2) is 0 Å². The first kappa shape index (κ1) is 26.1. The van der Waals surface area contributed by atoms with E-state index in [-0.39, 0.29) is 0 Å². The summed E-state index contributed by atoms with van der Waals surface area (Å²) in [4.78, 5) is 4.94. The monoisotopic (exact) mass is 546 g/mol. The van der Waals surface area contributed by atoms with Gasteiger partial charge in [0, 0.05) is 48.3 Å². The molecule has 8 nitrogen and oxygen atoms in total. The highest BCUT2D eigenvalue weighted by Gasteiger charge is 2.21. The minimum atomic E-state index is 0.886. The van der Waals surface area contributed by atoms with Gasteiger partial charge in [-0.2, -0.15) is 0 Å². The number of hydrogen-bond donors (Lipinski definition) is 0. The highest BCUT2D eigenvalue weighted by molar-refractivity contribution is 7.13. The fourth-order valence-electron chi connectivity index (χ4n) is 4.74. The van der Waals surface area contributed by atoms with E-state index in [4.69, 9.17) is 0 Å². The first-order valence-electron chi connectivity index (χ1n) is 13.0. The number of anilines is 2.